The number of ether oxygens (including phenoxy) is 3. The molecule has 5 nitrogen and oxygen atoms in total. The first-order valence-corrected chi connectivity index (χ1v) is 10.2. The molecule has 0 aromatic heterocycles. The van der Waals surface area contributed by atoms with Gasteiger partial charge in [-0.2, -0.15) is 0 Å². The second-order valence-electron chi connectivity index (χ2n) is 7.82. The van der Waals surface area contributed by atoms with E-state index >= 15 is 0 Å². The molecule has 2 aromatic carbocycles. The third-order valence-corrected chi connectivity index (χ3v) is 5.22. The van der Waals surface area contributed by atoms with Crippen LogP contribution in [0.15, 0.2) is 42.5 Å². The highest BCUT2D eigenvalue weighted by Gasteiger charge is 2.27. The molecular formula is C24H31NO4. The van der Waals surface area contributed by atoms with E-state index in [9.17, 15) is 4.79 Å². The van der Waals surface area contributed by atoms with Crippen molar-refractivity contribution in [2.24, 2.45) is 5.92 Å². The summed E-state index contributed by atoms with van der Waals surface area (Å²) < 4.78 is 16.5. The lowest BCUT2D eigenvalue weighted by atomic mass is 9.89. The Labute approximate surface area is 173 Å². The molecule has 1 unspecified atom stereocenters. The molecule has 5 heteroatoms. The van der Waals surface area contributed by atoms with Crippen molar-refractivity contribution >= 4 is 5.78 Å². The third kappa shape index (κ3) is 5.51. The molecule has 2 aromatic rings. The number of nitrogens with zero attached hydrogens (tertiary/aromatic N) is 1. The molecular weight excluding hydrogens is 366 g/mol. The highest BCUT2D eigenvalue weighted by Crippen LogP contribution is 2.29. The second-order valence-corrected chi connectivity index (χ2v) is 7.82. The maximum Gasteiger partial charge on any atom is 0.167 e. The average molecular weight is 398 g/mol. The number of rotatable bonds is 8. The third-order valence-electron chi connectivity index (χ3n) is 5.22. The first kappa shape index (κ1) is 21.2. The number of Topliss-reactive ketones (excluding diaryl/α,β-unsaturated/α-hetero) is 1. The van der Waals surface area contributed by atoms with Crippen LogP contribution in [0.5, 0.6) is 17.2 Å². The van der Waals surface area contributed by atoms with Gasteiger partial charge in [0.2, 0.25) is 0 Å². The molecule has 0 aliphatic carbocycles. The Morgan fingerprint density at radius 1 is 1.10 bits per heavy atom. The van der Waals surface area contributed by atoms with E-state index in [-0.39, 0.29) is 17.8 Å². The Bertz CT molecular complexity index is 833. The van der Waals surface area contributed by atoms with E-state index in [0.29, 0.717) is 0 Å². The van der Waals surface area contributed by atoms with Gasteiger partial charge < -0.3 is 14.2 Å². The van der Waals surface area contributed by atoms with E-state index in [2.05, 4.69) is 11.0 Å². The van der Waals surface area contributed by atoms with Gasteiger partial charge in [-0.1, -0.05) is 18.2 Å². The van der Waals surface area contributed by atoms with Crippen molar-refractivity contribution in [3.63, 3.8) is 0 Å². The SMILES string of the molecule is COc1ccc(CN2CCCC(C(=O)c3cccc(OC(C)C)c3)C2)cc1OC. The zero-order valence-electron chi connectivity index (χ0n) is 17.8. The van der Waals surface area contributed by atoms with E-state index in [1.807, 2.05) is 50.2 Å². The zero-order chi connectivity index (χ0) is 20.8. The predicted octanol–water partition coefficient (Wildman–Crippen LogP) is 4.59. The van der Waals surface area contributed by atoms with Gasteiger partial charge in [-0.05, 0) is 63.1 Å². The van der Waals surface area contributed by atoms with Crippen molar-refractivity contribution in [1.29, 1.82) is 0 Å². The molecule has 1 aliphatic heterocycles. The number of likely N-dealkylation sites (tertiary alicyclic amines) is 1. The summed E-state index contributed by atoms with van der Waals surface area (Å²) in [4.78, 5) is 15.4. The Kier molecular flexibility index (Phi) is 7.15. The number of benzene rings is 2. The number of piperidine rings is 1. The van der Waals surface area contributed by atoms with Gasteiger partial charge in [0, 0.05) is 24.6 Å². The average Bonchev–Trinajstić information content (AvgIpc) is 2.73. The van der Waals surface area contributed by atoms with E-state index in [1.165, 1.54) is 0 Å². The van der Waals surface area contributed by atoms with Crippen molar-refractivity contribution in [3.05, 3.63) is 53.6 Å². The van der Waals surface area contributed by atoms with Gasteiger partial charge in [0.25, 0.3) is 0 Å². The molecule has 29 heavy (non-hydrogen) atoms. The van der Waals surface area contributed by atoms with E-state index < -0.39 is 0 Å². The second kappa shape index (κ2) is 9.79. The number of ketones is 1. The Morgan fingerprint density at radius 2 is 1.90 bits per heavy atom. The van der Waals surface area contributed by atoms with Crippen molar-refractivity contribution in [1.82, 2.24) is 4.90 Å². The quantitative estimate of drug-likeness (QED) is 0.610. The highest BCUT2D eigenvalue weighted by atomic mass is 16.5. The summed E-state index contributed by atoms with van der Waals surface area (Å²) in [6.07, 6.45) is 2.04. The van der Waals surface area contributed by atoms with E-state index in [0.717, 1.165) is 60.9 Å². The molecule has 0 radical (unpaired) electrons. The smallest absolute Gasteiger partial charge is 0.167 e. The van der Waals surface area contributed by atoms with Crippen molar-refractivity contribution in [2.45, 2.75) is 39.3 Å². The van der Waals surface area contributed by atoms with Crippen LogP contribution >= 0.6 is 0 Å². The molecule has 0 N–H and O–H groups in total. The van der Waals surface area contributed by atoms with E-state index in [4.69, 9.17) is 14.2 Å². The fraction of sp³-hybridized carbons (Fsp3) is 0.458. The fourth-order valence-electron chi connectivity index (χ4n) is 3.88. The molecule has 0 saturated carbocycles. The normalized spacial score (nSPS) is 17.2. The highest BCUT2D eigenvalue weighted by molar-refractivity contribution is 5.98. The van der Waals surface area contributed by atoms with Crippen LogP contribution in [0.25, 0.3) is 0 Å². The minimum Gasteiger partial charge on any atom is -0.493 e. The predicted molar refractivity (Wildman–Crippen MR) is 114 cm³/mol. The molecule has 1 saturated heterocycles. The van der Waals surface area contributed by atoms with Gasteiger partial charge in [-0.3, -0.25) is 9.69 Å². The molecule has 1 heterocycles. The van der Waals surface area contributed by atoms with Crippen LogP contribution in [-0.2, 0) is 6.54 Å². The lowest BCUT2D eigenvalue weighted by Gasteiger charge is -2.32. The van der Waals surface area contributed by atoms with Crippen LogP contribution in [0.2, 0.25) is 0 Å². The van der Waals surface area contributed by atoms with E-state index in [1.54, 1.807) is 14.2 Å². The summed E-state index contributed by atoms with van der Waals surface area (Å²) in [5, 5.41) is 0. The van der Waals surface area contributed by atoms with Crippen molar-refractivity contribution in [3.8, 4) is 17.2 Å². The number of methoxy groups -OCH3 is 2. The van der Waals surface area contributed by atoms with Gasteiger partial charge >= 0.3 is 0 Å². The summed E-state index contributed by atoms with van der Waals surface area (Å²) in [5.74, 6) is 2.43. The molecule has 0 amide bonds. The minimum atomic E-state index is 0.0122. The topological polar surface area (TPSA) is 48.0 Å². The number of hydrogen-bond donors (Lipinski definition) is 0. The van der Waals surface area contributed by atoms with Crippen molar-refractivity contribution in [2.75, 3.05) is 27.3 Å². The van der Waals surface area contributed by atoms with Crippen molar-refractivity contribution < 1.29 is 19.0 Å². The summed E-state index contributed by atoms with van der Waals surface area (Å²) >= 11 is 0. The first-order valence-electron chi connectivity index (χ1n) is 10.2. The molecule has 156 valence electrons. The molecule has 3 rings (SSSR count). The molecule has 1 atom stereocenters. The summed E-state index contributed by atoms with van der Waals surface area (Å²) in [5.41, 5.74) is 1.89. The lowest BCUT2D eigenvalue weighted by Crippen LogP contribution is -2.38. The maximum atomic E-state index is 13.1. The summed E-state index contributed by atoms with van der Waals surface area (Å²) in [6.45, 7) is 6.53. The largest absolute Gasteiger partial charge is 0.493 e. The first-order chi connectivity index (χ1) is 14.0. The Balaban J connectivity index is 1.67. The minimum absolute atomic E-state index is 0.0122. The molecule has 1 fully saturated rings. The zero-order valence-corrected chi connectivity index (χ0v) is 17.8. The monoisotopic (exact) mass is 397 g/mol. The lowest BCUT2D eigenvalue weighted by molar-refractivity contribution is 0.0811. The van der Waals surface area contributed by atoms with Gasteiger partial charge in [0.05, 0.1) is 20.3 Å². The molecule has 0 bridgehead atoms. The fourth-order valence-corrected chi connectivity index (χ4v) is 3.88. The van der Waals surface area contributed by atoms with Crippen LogP contribution < -0.4 is 14.2 Å². The summed E-state index contributed by atoms with van der Waals surface area (Å²) in [7, 11) is 3.29. The van der Waals surface area contributed by atoms with Crippen LogP contribution in [0.4, 0.5) is 0 Å². The van der Waals surface area contributed by atoms with Gasteiger partial charge in [0.15, 0.2) is 17.3 Å². The maximum absolute atomic E-state index is 13.1. The number of hydrogen-bond acceptors (Lipinski definition) is 5. The van der Waals surface area contributed by atoms with Gasteiger partial charge in [0.1, 0.15) is 5.75 Å². The van der Waals surface area contributed by atoms with Gasteiger partial charge in [-0.15, -0.1) is 0 Å². The van der Waals surface area contributed by atoms with Crippen LogP contribution in [0.1, 0.15) is 42.6 Å². The van der Waals surface area contributed by atoms with Crippen LogP contribution in [0, 0.1) is 5.92 Å². The number of carbonyl (C=O) groups excluding carboxylic acids is 1. The van der Waals surface area contributed by atoms with Gasteiger partial charge in [-0.25, -0.2) is 0 Å². The Hall–Kier alpha value is -2.53. The molecule has 1 aliphatic rings. The standard InChI is InChI=1S/C24H31NO4/c1-17(2)29-21-9-5-7-19(14-21)24(26)20-8-6-12-25(16-20)15-18-10-11-22(27-3)23(13-18)28-4/h5,7,9-11,13-14,17,20H,6,8,12,15-16H2,1-4H3. The summed E-state index contributed by atoms with van der Waals surface area (Å²) in [6, 6.07) is 13.6. The Morgan fingerprint density at radius 3 is 2.62 bits per heavy atom. The van der Waals surface area contributed by atoms with Crippen LogP contribution in [-0.4, -0.2) is 44.1 Å². The number of carbonyl (C=O) groups is 1. The molecule has 0 spiro atoms. The van der Waals surface area contributed by atoms with Crippen LogP contribution in [0.3, 0.4) is 0 Å².